The van der Waals surface area contributed by atoms with E-state index in [2.05, 4.69) is 15.7 Å². The third kappa shape index (κ3) is 5.82. The first-order valence-electron chi connectivity index (χ1n) is 10.9. The van der Waals surface area contributed by atoms with Gasteiger partial charge in [0.2, 0.25) is 0 Å². The smallest absolute Gasteiger partial charge is 0.259 e. The number of hydrogen-bond acceptors (Lipinski definition) is 4. The lowest BCUT2D eigenvalue weighted by molar-refractivity contribution is 0.0943. The van der Waals surface area contributed by atoms with Gasteiger partial charge in [0.15, 0.2) is 0 Å². The predicted molar refractivity (Wildman–Crippen MR) is 126 cm³/mol. The first kappa shape index (κ1) is 23.2. The van der Waals surface area contributed by atoms with Crippen LogP contribution in [-0.2, 0) is 11.2 Å². The summed E-state index contributed by atoms with van der Waals surface area (Å²) in [6.07, 6.45) is 2.99. The van der Waals surface area contributed by atoms with Gasteiger partial charge < -0.3 is 15.4 Å². The highest BCUT2D eigenvalue weighted by Crippen LogP contribution is 2.19. The Bertz CT molecular complexity index is 1060. The van der Waals surface area contributed by atoms with Crippen molar-refractivity contribution in [3.63, 3.8) is 0 Å². The normalized spacial score (nSPS) is 10.7. The number of carbonyl (C=O) groups excluding carboxylic acids is 2. The topological polar surface area (TPSA) is 85.2 Å². The maximum Gasteiger partial charge on any atom is 0.259 e. The molecule has 3 aromatic rings. The SMILES string of the molecule is CCOCCCNC(=O)c1cccc(NC(=O)c2cnn(-c3ccc(C)cc3)c2CC)c1. The van der Waals surface area contributed by atoms with Gasteiger partial charge in [-0.15, -0.1) is 0 Å². The van der Waals surface area contributed by atoms with Crippen molar-refractivity contribution < 1.29 is 14.3 Å². The predicted octanol–water partition coefficient (Wildman–Crippen LogP) is 4.15. The molecule has 0 saturated carbocycles. The van der Waals surface area contributed by atoms with E-state index in [4.69, 9.17) is 4.74 Å². The molecule has 2 N–H and O–H groups in total. The van der Waals surface area contributed by atoms with Crippen LogP contribution in [0.4, 0.5) is 5.69 Å². The van der Waals surface area contributed by atoms with Gasteiger partial charge in [-0.3, -0.25) is 9.59 Å². The van der Waals surface area contributed by atoms with Gasteiger partial charge in [-0.05, 0) is 57.0 Å². The van der Waals surface area contributed by atoms with Gasteiger partial charge in [-0.1, -0.05) is 30.7 Å². The van der Waals surface area contributed by atoms with E-state index in [-0.39, 0.29) is 11.8 Å². The van der Waals surface area contributed by atoms with Gasteiger partial charge in [-0.2, -0.15) is 5.10 Å². The Hall–Kier alpha value is -3.45. The molecule has 0 aliphatic carbocycles. The van der Waals surface area contributed by atoms with Crippen LogP contribution in [0.25, 0.3) is 5.69 Å². The van der Waals surface area contributed by atoms with E-state index < -0.39 is 0 Å². The molecule has 1 heterocycles. The Kier molecular flexibility index (Phi) is 8.16. The zero-order chi connectivity index (χ0) is 22.9. The van der Waals surface area contributed by atoms with Crippen molar-refractivity contribution in [3.05, 3.63) is 77.1 Å². The van der Waals surface area contributed by atoms with Crippen LogP contribution in [0.1, 0.15) is 52.2 Å². The molecule has 168 valence electrons. The standard InChI is InChI=1S/C25H30N4O3/c1-4-23-22(17-27-29(23)21-12-10-18(3)11-13-21)25(31)28-20-9-6-8-19(16-20)24(30)26-14-7-15-32-5-2/h6,8-13,16-17H,4-5,7,14-15H2,1-3H3,(H,26,30)(H,28,31). The van der Waals surface area contributed by atoms with Crippen LogP contribution in [0.2, 0.25) is 0 Å². The molecule has 0 aliphatic rings. The number of carbonyl (C=O) groups is 2. The summed E-state index contributed by atoms with van der Waals surface area (Å²) in [7, 11) is 0. The van der Waals surface area contributed by atoms with Crippen molar-refractivity contribution in [1.29, 1.82) is 0 Å². The van der Waals surface area contributed by atoms with Crippen LogP contribution < -0.4 is 10.6 Å². The minimum Gasteiger partial charge on any atom is -0.382 e. The maximum atomic E-state index is 13.0. The summed E-state index contributed by atoms with van der Waals surface area (Å²) in [4.78, 5) is 25.4. The van der Waals surface area contributed by atoms with E-state index in [0.717, 1.165) is 23.4 Å². The minimum atomic E-state index is -0.255. The molecule has 0 aliphatic heterocycles. The summed E-state index contributed by atoms with van der Waals surface area (Å²) in [5.74, 6) is -0.437. The second-order valence-corrected chi connectivity index (χ2v) is 7.45. The molecule has 0 atom stereocenters. The third-order valence-corrected chi connectivity index (χ3v) is 5.06. The highest BCUT2D eigenvalue weighted by molar-refractivity contribution is 6.05. The van der Waals surface area contributed by atoms with Gasteiger partial charge in [0, 0.05) is 31.0 Å². The largest absolute Gasteiger partial charge is 0.382 e. The molecule has 0 saturated heterocycles. The van der Waals surface area contributed by atoms with Crippen molar-refractivity contribution in [2.75, 3.05) is 25.1 Å². The fraction of sp³-hybridized carbons (Fsp3) is 0.320. The number of nitrogens with one attached hydrogen (secondary N) is 2. The molecule has 0 bridgehead atoms. The van der Waals surface area contributed by atoms with E-state index in [1.54, 1.807) is 35.1 Å². The van der Waals surface area contributed by atoms with Gasteiger partial charge >= 0.3 is 0 Å². The van der Waals surface area contributed by atoms with Crippen LogP contribution in [-0.4, -0.2) is 41.4 Å². The lowest BCUT2D eigenvalue weighted by atomic mass is 10.1. The van der Waals surface area contributed by atoms with Gasteiger partial charge in [0.25, 0.3) is 11.8 Å². The van der Waals surface area contributed by atoms with Crippen LogP contribution in [0.3, 0.4) is 0 Å². The third-order valence-electron chi connectivity index (χ3n) is 5.06. The van der Waals surface area contributed by atoms with Crippen molar-refractivity contribution in [1.82, 2.24) is 15.1 Å². The summed E-state index contributed by atoms with van der Waals surface area (Å²) >= 11 is 0. The molecule has 7 heteroatoms. The van der Waals surface area contributed by atoms with Gasteiger partial charge in [0.05, 0.1) is 23.1 Å². The number of nitrogens with zero attached hydrogens (tertiary/aromatic N) is 2. The monoisotopic (exact) mass is 434 g/mol. The van der Waals surface area contributed by atoms with Crippen LogP contribution in [0.15, 0.2) is 54.7 Å². The Morgan fingerprint density at radius 1 is 1.06 bits per heavy atom. The van der Waals surface area contributed by atoms with Gasteiger partial charge in [0.1, 0.15) is 0 Å². The van der Waals surface area contributed by atoms with Crippen molar-refractivity contribution in [2.45, 2.75) is 33.6 Å². The first-order chi connectivity index (χ1) is 15.5. The molecule has 0 spiro atoms. The van der Waals surface area contributed by atoms with Crippen LogP contribution >= 0.6 is 0 Å². The summed E-state index contributed by atoms with van der Waals surface area (Å²) in [6.45, 7) is 7.78. The number of ether oxygens (including phenoxy) is 1. The molecule has 0 radical (unpaired) electrons. The average molecular weight is 435 g/mol. The molecular weight excluding hydrogens is 404 g/mol. The van der Waals surface area contributed by atoms with Crippen LogP contribution in [0, 0.1) is 6.92 Å². The summed E-state index contributed by atoms with van der Waals surface area (Å²) in [6, 6.07) is 14.9. The van der Waals surface area contributed by atoms with Crippen LogP contribution in [0.5, 0.6) is 0 Å². The van der Waals surface area contributed by atoms with E-state index in [1.165, 1.54) is 0 Å². The number of benzene rings is 2. The van der Waals surface area contributed by atoms with Crippen molar-refractivity contribution in [3.8, 4) is 5.69 Å². The molecule has 2 amide bonds. The number of hydrogen-bond donors (Lipinski definition) is 2. The zero-order valence-electron chi connectivity index (χ0n) is 18.9. The van der Waals surface area contributed by atoms with E-state index >= 15 is 0 Å². The second kappa shape index (κ2) is 11.2. The summed E-state index contributed by atoms with van der Waals surface area (Å²) < 4.78 is 7.07. The fourth-order valence-electron chi connectivity index (χ4n) is 3.37. The molecule has 0 unspecified atom stereocenters. The summed E-state index contributed by atoms with van der Waals surface area (Å²) in [5.41, 5.74) is 4.46. The second-order valence-electron chi connectivity index (χ2n) is 7.45. The number of aromatic nitrogens is 2. The lowest BCUT2D eigenvalue weighted by Crippen LogP contribution is -2.25. The van der Waals surface area contributed by atoms with E-state index in [0.29, 0.717) is 43.0 Å². The highest BCUT2D eigenvalue weighted by atomic mass is 16.5. The molecule has 3 rings (SSSR count). The molecule has 0 fully saturated rings. The quantitative estimate of drug-likeness (QED) is 0.470. The van der Waals surface area contributed by atoms with Crippen molar-refractivity contribution in [2.24, 2.45) is 0 Å². The first-order valence-corrected chi connectivity index (χ1v) is 10.9. The Balaban J connectivity index is 1.69. The van der Waals surface area contributed by atoms with E-state index in [1.807, 2.05) is 45.0 Å². The molecule has 7 nitrogen and oxygen atoms in total. The number of rotatable bonds is 10. The Morgan fingerprint density at radius 2 is 1.84 bits per heavy atom. The molecular formula is C25H30N4O3. The fourth-order valence-corrected chi connectivity index (χ4v) is 3.37. The van der Waals surface area contributed by atoms with E-state index in [9.17, 15) is 9.59 Å². The van der Waals surface area contributed by atoms with Crippen molar-refractivity contribution >= 4 is 17.5 Å². The minimum absolute atomic E-state index is 0.181. The zero-order valence-corrected chi connectivity index (χ0v) is 18.9. The maximum absolute atomic E-state index is 13.0. The highest BCUT2D eigenvalue weighted by Gasteiger charge is 2.18. The summed E-state index contributed by atoms with van der Waals surface area (Å²) in [5, 5.41) is 10.2. The lowest BCUT2D eigenvalue weighted by Gasteiger charge is -2.10. The number of amides is 2. The Labute approximate surface area is 188 Å². The molecule has 32 heavy (non-hydrogen) atoms. The van der Waals surface area contributed by atoms with Gasteiger partial charge in [-0.25, -0.2) is 4.68 Å². The number of aryl methyl sites for hydroxylation is 1. The molecule has 1 aromatic heterocycles. The Morgan fingerprint density at radius 3 is 2.56 bits per heavy atom. The number of anilines is 1. The average Bonchev–Trinajstić information content (AvgIpc) is 3.24. The molecule has 2 aromatic carbocycles.